The second-order valence-corrected chi connectivity index (χ2v) is 5.19. The molecule has 4 heteroatoms. The molecule has 18 heavy (non-hydrogen) atoms. The van der Waals surface area contributed by atoms with Crippen molar-refractivity contribution < 1.29 is 4.79 Å². The monoisotopic (exact) mass is 266 g/mol. The molecule has 1 amide bonds. The van der Waals surface area contributed by atoms with Crippen molar-refractivity contribution in [3.63, 3.8) is 0 Å². The van der Waals surface area contributed by atoms with E-state index in [1.807, 2.05) is 12.1 Å². The molecule has 0 bridgehead atoms. The van der Waals surface area contributed by atoms with E-state index in [2.05, 4.69) is 23.6 Å². The van der Waals surface area contributed by atoms with Crippen LogP contribution in [-0.4, -0.2) is 11.9 Å². The van der Waals surface area contributed by atoms with E-state index in [0.717, 1.165) is 18.7 Å². The molecule has 3 nitrogen and oxygen atoms in total. The van der Waals surface area contributed by atoms with Gasteiger partial charge < -0.3 is 10.6 Å². The topological polar surface area (TPSA) is 41.1 Å². The maximum Gasteiger partial charge on any atom is 0.251 e. The Labute approximate surface area is 114 Å². The molecular formula is C14H19ClN2O. The maximum atomic E-state index is 12.1. The summed E-state index contributed by atoms with van der Waals surface area (Å²) >= 11 is 0. The smallest absolute Gasteiger partial charge is 0.251 e. The van der Waals surface area contributed by atoms with Crippen molar-refractivity contribution in [2.45, 2.75) is 38.9 Å². The molecule has 1 aromatic rings. The highest BCUT2D eigenvalue weighted by Crippen LogP contribution is 2.32. The molecule has 2 N–H and O–H groups in total. The zero-order valence-electron chi connectivity index (χ0n) is 10.5. The van der Waals surface area contributed by atoms with Crippen molar-refractivity contribution in [3.8, 4) is 0 Å². The third-order valence-electron chi connectivity index (χ3n) is 3.79. The molecule has 98 valence electrons. The van der Waals surface area contributed by atoms with E-state index < -0.39 is 0 Å². The van der Waals surface area contributed by atoms with E-state index in [1.165, 1.54) is 24.0 Å². The Balaban J connectivity index is 0.00000120. The third-order valence-corrected chi connectivity index (χ3v) is 3.79. The highest BCUT2D eigenvalue weighted by atomic mass is 35.5. The van der Waals surface area contributed by atoms with Crippen LogP contribution in [0.5, 0.6) is 0 Å². The van der Waals surface area contributed by atoms with Gasteiger partial charge in [-0.2, -0.15) is 0 Å². The van der Waals surface area contributed by atoms with Crippen LogP contribution in [0, 0.1) is 5.92 Å². The molecule has 0 aromatic heterocycles. The number of benzene rings is 1. The summed E-state index contributed by atoms with van der Waals surface area (Å²) in [6.45, 7) is 3.91. The Kier molecular flexibility index (Phi) is 3.93. The minimum Gasteiger partial charge on any atom is -0.349 e. The van der Waals surface area contributed by atoms with Crippen LogP contribution in [0.1, 0.15) is 41.3 Å². The average Bonchev–Trinajstić information content (AvgIpc) is 3.07. The molecule has 1 aliphatic heterocycles. The van der Waals surface area contributed by atoms with Crippen molar-refractivity contribution in [1.82, 2.24) is 10.6 Å². The van der Waals surface area contributed by atoms with Gasteiger partial charge in [0.25, 0.3) is 5.91 Å². The van der Waals surface area contributed by atoms with Crippen LogP contribution < -0.4 is 10.6 Å². The number of amides is 1. The normalized spacial score (nSPS) is 18.7. The van der Waals surface area contributed by atoms with Crippen molar-refractivity contribution in [2.75, 3.05) is 0 Å². The number of rotatable bonds is 3. The number of hydrogen-bond donors (Lipinski definition) is 2. The minimum atomic E-state index is 0. The van der Waals surface area contributed by atoms with E-state index in [4.69, 9.17) is 0 Å². The second kappa shape index (κ2) is 5.29. The fraction of sp³-hybridized carbons (Fsp3) is 0.500. The number of nitrogens with one attached hydrogen (secondary N) is 2. The summed E-state index contributed by atoms with van der Waals surface area (Å²) in [4.78, 5) is 12.1. The lowest BCUT2D eigenvalue weighted by Gasteiger charge is -2.13. The number of fused-ring (bicyclic) bond motifs is 1. The molecule has 1 fully saturated rings. The lowest BCUT2D eigenvalue weighted by atomic mass is 10.1. The molecule has 1 aliphatic carbocycles. The molecule has 2 aliphatic rings. The van der Waals surface area contributed by atoms with Gasteiger partial charge in [-0.05, 0) is 48.9 Å². The first-order valence-electron chi connectivity index (χ1n) is 6.37. The fourth-order valence-electron chi connectivity index (χ4n) is 2.44. The van der Waals surface area contributed by atoms with Gasteiger partial charge in [0.05, 0.1) is 0 Å². The number of halogens is 1. The van der Waals surface area contributed by atoms with Gasteiger partial charge in [-0.1, -0.05) is 6.07 Å². The van der Waals surface area contributed by atoms with Crippen molar-refractivity contribution >= 4 is 18.3 Å². The second-order valence-electron chi connectivity index (χ2n) is 5.19. The first-order chi connectivity index (χ1) is 8.24. The summed E-state index contributed by atoms with van der Waals surface area (Å²) in [6, 6.07) is 6.32. The van der Waals surface area contributed by atoms with Crippen LogP contribution in [0.25, 0.3) is 0 Å². The van der Waals surface area contributed by atoms with Gasteiger partial charge in [0.1, 0.15) is 0 Å². The Morgan fingerprint density at radius 1 is 1.33 bits per heavy atom. The molecular weight excluding hydrogens is 248 g/mol. The van der Waals surface area contributed by atoms with E-state index in [0.29, 0.717) is 12.0 Å². The zero-order valence-corrected chi connectivity index (χ0v) is 11.3. The Bertz CT molecular complexity index is 457. The summed E-state index contributed by atoms with van der Waals surface area (Å²) < 4.78 is 0. The van der Waals surface area contributed by atoms with Gasteiger partial charge in [0.2, 0.25) is 0 Å². The lowest BCUT2D eigenvalue weighted by molar-refractivity contribution is 0.0936. The fourth-order valence-corrected chi connectivity index (χ4v) is 2.44. The Morgan fingerprint density at radius 2 is 2.06 bits per heavy atom. The average molecular weight is 267 g/mol. The standard InChI is InChI=1S/C14H18N2O.ClH/c1-9(10-2-3-10)16-14(17)11-4-5-12-7-15-8-13(12)6-11;/h4-6,9-10,15H,2-3,7-8H2,1H3,(H,16,17);1H. The molecule has 1 atom stereocenters. The van der Waals surface area contributed by atoms with Crippen molar-refractivity contribution in [3.05, 3.63) is 34.9 Å². The molecule has 0 radical (unpaired) electrons. The van der Waals surface area contributed by atoms with Gasteiger partial charge in [0.15, 0.2) is 0 Å². The van der Waals surface area contributed by atoms with E-state index in [-0.39, 0.29) is 18.3 Å². The summed E-state index contributed by atoms with van der Waals surface area (Å²) in [7, 11) is 0. The van der Waals surface area contributed by atoms with Crippen LogP contribution in [0.2, 0.25) is 0 Å². The molecule has 0 spiro atoms. The molecule has 1 aromatic carbocycles. The van der Waals surface area contributed by atoms with Gasteiger partial charge in [-0.15, -0.1) is 12.4 Å². The van der Waals surface area contributed by atoms with Gasteiger partial charge in [-0.25, -0.2) is 0 Å². The Morgan fingerprint density at radius 3 is 2.78 bits per heavy atom. The van der Waals surface area contributed by atoms with Gasteiger partial charge >= 0.3 is 0 Å². The largest absolute Gasteiger partial charge is 0.349 e. The van der Waals surface area contributed by atoms with Crippen LogP contribution in [-0.2, 0) is 13.1 Å². The summed E-state index contributed by atoms with van der Waals surface area (Å²) in [6.07, 6.45) is 2.52. The van der Waals surface area contributed by atoms with Crippen LogP contribution >= 0.6 is 12.4 Å². The minimum absolute atomic E-state index is 0. The first kappa shape index (κ1) is 13.4. The highest BCUT2D eigenvalue weighted by molar-refractivity contribution is 5.94. The lowest BCUT2D eigenvalue weighted by Crippen LogP contribution is -2.34. The Hall–Kier alpha value is -1.06. The zero-order chi connectivity index (χ0) is 11.8. The predicted octanol–water partition coefficient (Wildman–Crippen LogP) is 2.24. The third kappa shape index (κ3) is 2.68. The van der Waals surface area contributed by atoms with Crippen molar-refractivity contribution in [1.29, 1.82) is 0 Å². The highest BCUT2D eigenvalue weighted by Gasteiger charge is 2.29. The first-order valence-corrected chi connectivity index (χ1v) is 6.37. The van der Waals surface area contributed by atoms with Gasteiger partial charge in [-0.3, -0.25) is 4.79 Å². The number of carbonyl (C=O) groups excluding carboxylic acids is 1. The predicted molar refractivity (Wildman–Crippen MR) is 73.9 cm³/mol. The van der Waals surface area contributed by atoms with E-state index >= 15 is 0 Å². The summed E-state index contributed by atoms with van der Waals surface area (Å²) in [5.41, 5.74) is 3.37. The summed E-state index contributed by atoms with van der Waals surface area (Å²) in [5.74, 6) is 0.772. The van der Waals surface area contributed by atoms with E-state index in [1.54, 1.807) is 0 Å². The van der Waals surface area contributed by atoms with Crippen LogP contribution in [0.15, 0.2) is 18.2 Å². The number of hydrogen-bond acceptors (Lipinski definition) is 2. The molecule has 1 saturated carbocycles. The summed E-state index contributed by atoms with van der Waals surface area (Å²) in [5, 5.41) is 6.38. The SMILES string of the molecule is CC(NC(=O)c1ccc2c(c1)CNC2)C1CC1.Cl. The number of carbonyl (C=O) groups is 1. The quantitative estimate of drug-likeness (QED) is 0.881. The van der Waals surface area contributed by atoms with Crippen molar-refractivity contribution in [2.24, 2.45) is 5.92 Å². The van der Waals surface area contributed by atoms with Crippen LogP contribution in [0.3, 0.4) is 0 Å². The van der Waals surface area contributed by atoms with Gasteiger partial charge in [0, 0.05) is 24.7 Å². The molecule has 1 heterocycles. The van der Waals surface area contributed by atoms with E-state index in [9.17, 15) is 4.79 Å². The molecule has 3 rings (SSSR count). The molecule has 0 saturated heterocycles. The molecule has 1 unspecified atom stereocenters. The maximum absolute atomic E-state index is 12.1. The van der Waals surface area contributed by atoms with Crippen LogP contribution in [0.4, 0.5) is 0 Å².